The van der Waals surface area contributed by atoms with E-state index in [-0.39, 0.29) is 17.5 Å². The van der Waals surface area contributed by atoms with E-state index in [1.165, 1.54) is 29.2 Å². The van der Waals surface area contributed by atoms with E-state index in [1.807, 2.05) is 36.4 Å². The fraction of sp³-hybridized carbons (Fsp3) is 0.0909. The molecule has 0 unspecified atom stereocenters. The van der Waals surface area contributed by atoms with Gasteiger partial charge in [0.05, 0.1) is 23.4 Å². The number of hydrogen-bond acceptors (Lipinski definition) is 6. The summed E-state index contributed by atoms with van der Waals surface area (Å²) in [5.41, 5.74) is 1.78. The summed E-state index contributed by atoms with van der Waals surface area (Å²) in [4.78, 5) is 12.4. The van der Waals surface area contributed by atoms with Crippen molar-refractivity contribution in [3.63, 3.8) is 0 Å². The second-order valence-electron chi connectivity index (χ2n) is 6.47. The number of thioether (sulfide) groups is 1. The minimum absolute atomic E-state index is 0.0764. The van der Waals surface area contributed by atoms with Gasteiger partial charge in [-0.05, 0) is 29.1 Å². The van der Waals surface area contributed by atoms with Crippen LogP contribution in [0.25, 0.3) is 11.4 Å². The van der Waals surface area contributed by atoms with Crippen LogP contribution in [0, 0.1) is 17.1 Å². The van der Waals surface area contributed by atoms with E-state index >= 15 is 0 Å². The highest BCUT2D eigenvalue weighted by Gasteiger charge is 2.19. The maximum atomic E-state index is 14.4. The zero-order valence-corrected chi connectivity index (χ0v) is 17.8. The summed E-state index contributed by atoms with van der Waals surface area (Å²) in [6.07, 6.45) is 0. The third kappa shape index (κ3) is 4.82. The van der Waals surface area contributed by atoms with Crippen molar-refractivity contribution in [2.45, 2.75) is 11.7 Å². The van der Waals surface area contributed by atoms with Crippen LogP contribution in [0.15, 0.2) is 71.2 Å². The minimum Gasteiger partial charge on any atom is -0.316 e. The second kappa shape index (κ2) is 9.55. The van der Waals surface area contributed by atoms with E-state index in [0.717, 1.165) is 5.56 Å². The Morgan fingerprint density at radius 3 is 2.68 bits per heavy atom. The number of nitrogens with one attached hydrogen (secondary N) is 1. The summed E-state index contributed by atoms with van der Waals surface area (Å²) >= 11 is 2.50. The number of carbonyl (C=O) groups excluding carboxylic acids is 1. The Morgan fingerprint density at radius 1 is 1.13 bits per heavy atom. The molecule has 6 nitrogen and oxygen atoms in total. The number of benzene rings is 2. The Balaban J connectivity index is 1.57. The van der Waals surface area contributed by atoms with Gasteiger partial charge in [-0.2, -0.15) is 5.26 Å². The molecule has 0 aliphatic carbocycles. The van der Waals surface area contributed by atoms with Gasteiger partial charge < -0.3 is 5.32 Å². The first-order chi connectivity index (χ1) is 15.2. The summed E-state index contributed by atoms with van der Waals surface area (Å²) in [6.45, 7) is 0.435. The Labute approximate surface area is 186 Å². The molecular weight excluding hydrogens is 433 g/mol. The van der Waals surface area contributed by atoms with Gasteiger partial charge in [0.2, 0.25) is 5.91 Å². The number of aromatic nitrogens is 3. The summed E-state index contributed by atoms with van der Waals surface area (Å²) in [5, 5.41) is 23.0. The molecule has 4 rings (SSSR count). The van der Waals surface area contributed by atoms with Gasteiger partial charge in [-0.1, -0.05) is 54.2 Å². The van der Waals surface area contributed by atoms with Gasteiger partial charge in [0.15, 0.2) is 11.0 Å². The first-order valence-electron chi connectivity index (χ1n) is 9.28. The SMILES string of the molecule is N#Cc1ccsc1NC(=O)CSc1nnc(-c2ccccc2F)n1Cc1ccccc1. The molecule has 31 heavy (non-hydrogen) atoms. The van der Waals surface area contributed by atoms with Crippen molar-refractivity contribution in [1.29, 1.82) is 5.26 Å². The van der Waals surface area contributed by atoms with Gasteiger partial charge in [-0.15, -0.1) is 21.5 Å². The first-order valence-corrected chi connectivity index (χ1v) is 11.1. The molecule has 0 saturated carbocycles. The maximum absolute atomic E-state index is 14.4. The maximum Gasteiger partial charge on any atom is 0.235 e. The molecule has 0 aliphatic rings. The van der Waals surface area contributed by atoms with Crippen LogP contribution in [0.4, 0.5) is 9.39 Å². The lowest BCUT2D eigenvalue weighted by atomic mass is 10.2. The number of rotatable bonds is 7. The molecule has 4 aromatic rings. The lowest BCUT2D eigenvalue weighted by Gasteiger charge is -2.11. The van der Waals surface area contributed by atoms with Crippen molar-refractivity contribution in [2.75, 3.05) is 11.1 Å². The van der Waals surface area contributed by atoms with Gasteiger partial charge in [0, 0.05) is 0 Å². The number of carbonyl (C=O) groups is 1. The summed E-state index contributed by atoms with van der Waals surface area (Å²) in [5.74, 6) is -0.173. The molecule has 0 aliphatic heterocycles. The molecule has 0 fully saturated rings. The fourth-order valence-corrected chi connectivity index (χ4v) is 4.42. The molecule has 0 radical (unpaired) electrons. The van der Waals surface area contributed by atoms with Gasteiger partial charge >= 0.3 is 0 Å². The lowest BCUT2D eigenvalue weighted by molar-refractivity contribution is -0.113. The van der Waals surface area contributed by atoms with Gasteiger partial charge in [0.25, 0.3) is 0 Å². The van der Waals surface area contributed by atoms with Gasteiger partial charge in [0.1, 0.15) is 16.9 Å². The number of amides is 1. The van der Waals surface area contributed by atoms with Crippen molar-refractivity contribution < 1.29 is 9.18 Å². The number of thiophene rings is 1. The van der Waals surface area contributed by atoms with E-state index in [1.54, 1.807) is 34.2 Å². The molecule has 2 heterocycles. The molecule has 0 bridgehead atoms. The standard InChI is InChI=1S/C22H16FN5OS2/c23-18-9-5-4-8-17(18)20-26-27-22(28(20)13-15-6-2-1-3-7-15)31-14-19(29)25-21-16(12-24)10-11-30-21/h1-11H,13-14H2,(H,25,29). The highest BCUT2D eigenvalue weighted by Crippen LogP contribution is 2.28. The van der Waals surface area contributed by atoms with Crippen LogP contribution >= 0.6 is 23.1 Å². The van der Waals surface area contributed by atoms with Gasteiger partial charge in [-0.25, -0.2) is 4.39 Å². The van der Waals surface area contributed by atoms with Crippen LogP contribution in [0.3, 0.4) is 0 Å². The zero-order valence-electron chi connectivity index (χ0n) is 16.2. The first kappa shape index (κ1) is 20.8. The topological polar surface area (TPSA) is 83.6 Å². The van der Waals surface area contributed by atoms with Crippen LogP contribution in [-0.2, 0) is 11.3 Å². The largest absolute Gasteiger partial charge is 0.316 e. The number of anilines is 1. The highest BCUT2D eigenvalue weighted by atomic mass is 32.2. The lowest BCUT2D eigenvalue weighted by Crippen LogP contribution is -2.14. The third-order valence-electron chi connectivity index (χ3n) is 4.39. The molecule has 1 amide bonds. The molecule has 0 spiro atoms. The average molecular weight is 450 g/mol. The minimum atomic E-state index is -0.389. The molecular formula is C22H16FN5OS2. The molecule has 9 heteroatoms. The summed E-state index contributed by atoms with van der Waals surface area (Å²) in [6, 6.07) is 19.8. The van der Waals surface area contributed by atoms with Crippen LogP contribution in [0.5, 0.6) is 0 Å². The monoisotopic (exact) mass is 449 g/mol. The molecule has 2 aromatic carbocycles. The van der Waals surface area contributed by atoms with E-state index in [9.17, 15) is 9.18 Å². The third-order valence-corrected chi connectivity index (χ3v) is 6.18. The molecule has 2 aromatic heterocycles. The molecule has 154 valence electrons. The van der Waals surface area contributed by atoms with Crippen molar-refractivity contribution >= 4 is 34.0 Å². The Bertz CT molecular complexity index is 1250. The van der Waals surface area contributed by atoms with Crippen molar-refractivity contribution in [3.05, 3.63) is 83.0 Å². The Hall–Kier alpha value is -3.48. The van der Waals surface area contributed by atoms with E-state index < -0.39 is 0 Å². The predicted octanol–water partition coefficient (Wildman–Crippen LogP) is 4.80. The smallest absolute Gasteiger partial charge is 0.235 e. The summed E-state index contributed by atoms with van der Waals surface area (Å²) in [7, 11) is 0. The van der Waals surface area contributed by atoms with Gasteiger partial charge in [-0.3, -0.25) is 9.36 Å². The van der Waals surface area contributed by atoms with E-state index in [4.69, 9.17) is 5.26 Å². The Kier molecular flexibility index (Phi) is 6.40. The Morgan fingerprint density at radius 2 is 1.90 bits per heavy atom. The van der Waals surface area contributed by atoms with E-state index in [2.05, 4.69) is 15.5 Å². The summed E-state index contributed by atoms with van der Waals surface area (Å²) < 4.78 is 16.2. The van der Waals surface area contributed by atoms with E-state index in [0.29, 0.717) is 33.7 Å². The predicted molar refractivity (Wildman–Crippen MR) is 119 cm³/mol. The van der Waals surface area contributed by atoms with Crippen LogP contribution in [0.1, 0.15) is 11.1 Å². The quantitative estimate of drug-likeness (QED) is 0.410. The highest BCUT2D eigenvalue weighted by molar-refractivity contribution is 7.99. The van der Waals surface area contributed by atoms with Crippen LogP contribution in [0.2, 0.25) is 0 Å². The van der Waals surface area contributed by atoms with Crippen LogP contribution in [-0.4, -0.2) is 26.4 Å². The molecule has 1 N–H and O–H groups in total. The molecule has 0 atom stereocenters. The fourth-order valence-electron chi connectivity index (χ4n) is 2.93. The van der Waals surface area contributed by atoms with Crippen molar-refractivity contribution in [3.8, 4) is 17.5 Å². The second-order valence-corrected chi connectivity index (χ2v) is 8.33. The average Bonchev–Trinajstić information content (AvgIpc) is 3.40. The normalized spacial score (nSPS) is 10.6. The number of hydrogen-bond donors (Lipinski definition) is 1. The van der Waals surface area contributed by atoms with Crippen molar-refractivity contribution in [2.24, 2.45) is 0 Å². The van der Waals surface area contributed by atoms with Crippen LogP contribution < -0.4 is 5.32 Å². The number of halogens is 1. The zero-order chi connectivity index (χ0) is 21.6. The number of nitriles is 1. The molecule has 0 saturated heterocycles. The number of nitrogens with zero attached hydrogens (tertiary/aromatic N) is 4. The van der Waals surface area contributed by atoms with Crippen molar-refractivity contribution in [1.82, 2.24) is 14.8 Å².